The van der Waals surface area contributed by atoms with Crippen molar-refractivity contribution in [2.75, 3.05) is 0 Å². The Morgan fingerprint density at radius 2 is 1.88 bits per heavy atom. The predicted octanol–water partition coefficient (Wildman–Crippen LogP) is 4.04. The van der Waals surface area contributed by atoms with Gasteiger partial charge in [0.15, 0.2) is 6.10 Å². The molecule has 134 valence electrons. The first-order valence-corrected chi connectivity index (χ1v) is 8.02. The van der Waals surface area contributed by atoms with E-state index in [0.717, 1.165) is 17.2 Å². The molecule has 0 unspecified atom stereocenters. The molecule has 0 aliphatic carbocycles. The van der Waals surface area contributed by atoms with Crippen molar-refractivity contribution in [3.63, 3.8) is 0 Å². The summed E-state index contributed by atoms with van der Waals surface area (Å²) in [6, 6.07) is 11.4. The zero-order valence-corrected chi connectivity index (χ0v) is 14.8. The Hall–Kier alpha value is -3.28. The number of esters is 1. The molecule has 1 atom stereocenters. The molecule has 0 radical (unpaired) electrons. The Morgan fingerprint density at radius 1 is 1.15 bits per heavy atom. The van der Waals surface area contributed by atoms with E-state index in [-0.39, 0.29) is 11.5 Å². The second-order valence-corrected chi connectivity index (χ2v) is 5.95. The molecule has 0 amide bonds. The van der Waals surface area contributed by atoms with Crippen LogP contribution in [0.15, 0.2) is 48.5 Å². The number of hydrogen-bond donors (Lipinski definition) is 0. The first-order valence-electron chi connectivity index (χ1n) is 8.02. The van der Waals surface area contributed by atoms with Crippen molar-refractivity contribution < 1.29 is 19.2 Å². The number of Topliss-reactive ketones (excluding diaryl/α,β-unsaturated/α-hetero) is 1. The van der Waals surface area contributed by atoms with Crippen molar-refractivity contribution in [3.8, 4) is 0 Å². The van der Waals surface area contributed by atoms with E-state index >= 15 is 0 Å². The van der Waals surface area contributed by atoms with E-state index in [1.807, 2.05) is 26.0 Å². The third-order valence-electron chi connectivity index (χ3n) is 3.81. The number of rotatable bonds is 6. The molecule has 0 fully saturated rings. The Bertz CT molecular complexity index is 886. The van der Waals surface area contributed by atoms with Gasteiger partial charge in [-0.05, 0) is 44.0 Å². The number of carbonyl (C=O) groups is 2. The molecule has 26 heavy (non-hydrogen) atoms. The molecule has 0 heterocycles. The Balaban J connectivity index is 2.05. The summed E-state index contributed by atoms with van der Waals surface area (Å²) in [5.74, 6) is -0.967. The maximum absolute atomic E-state index is 12.5. The topological polar surface area (TPSA) is 86.5 Å². The van der Waals surface area contributed by atoms with Crippen LogP contribution >= 0.6 is 0 Å². The van der Waals surface area contributed by atoms with E-state index in [1.54, 1.807) is 12.1 Å². The van der Waals surface area contributed by atoms with Gasteiger partial charge in [0.25, 0.3) is 5.69 Å². The van der Waals surface area contributed by atoms with Crippen LogP contribution in [-0.2, 0) is 9.53 Å². The monoisotopic (exact) mass is 353 g/mol. The van der Waals surface area contributed by atoms with Crippen molar-refractivity contribution in [2.24, 2.45) is 0 Å². The molecular weight excluding hydrogens is 334 g/mol. The molecule has 0 spiro atoms. The Morgan fingerprint density at radius 3 is 2.58 bits per heavy atom. The van der Waals surface area contributed by atoms with Gasteiger partial charge in [-0.2, -0.15) is 0 Å². The van der Waals surface area contributed by atoms with Crippen molar-refractivity contribution in [1.29, 1.82) is 0 Å². The fourth-order valence-electron chi connectivity index (χ4n) is 2.39. The average Bonchev–Trinajstić information content (AvgIpc) is 2.61. The predicted molar refractivity (Wildman–Crippen MR) is 97.9 cm³/mol. The lowest BCUT2D eigenvalue weighted by molar-refractivity contribution is -0.384. The van der Waals surface area contributed by atoms with E-state index in [9.17, 15) is 19.7 Å². The molecule has 6 nitrogen and oxygen atoms in total. The summed E-state index contributed by atoms with van der Waals surface area (Å²) in [6.45, 7) is 5.22. The average molecular weight is 353 g/mol. The van der Waals surface area contributed by atoms with Crippen LogP contribution in [0.3, 0.4) is 0 Å². The fourth-order valence-corrected chi connectivity index (χ4v) is 2.39. The van der Waals surface area contributed by atoms with Crippen molar-refractivity contribution in [3.05, 3.63) is 80.9 Å². The molecule has 0 saturated carbocycles. The van der Waals surface area contributed by atoms with Crippen LogP contribution in [0.2, 0.25) is 0 Å². The van der Waals surface area contributed by atoms with Crippen molar-refractivity contribution >= 4 is 23.5 Å². The van der Waals surface area contributed by atoms with Crippen LogP contribution in [0.4, 0.5) is 5.69 Å². The van der Waals surface area contributed by atoms with Gasteiger partial charge in [0.2, 0.25) is 5.78 Å². The maximum Gasteiger partial charge on any atom is 0.331 e. The smallest absolute Gasteiger partial charge is 0.331 e. The van der Waals surface area contributed by atoms with Gasteiger partial charge in [-0.25, -0.2) is 4.79 Å². The molecule has 0 aliphatic rings. The first-order chi connectivity index (χ1) is 12.3. The lowest BCUT2D eigenvalue weighted by atomic mass is 9.99. The van der Waals surface area contributed by atoms with Crippen LogP contribution in [-0.4, -0.2) is 22.8 Å². The lowest BCUT2D eigenvalue weighted by Crippen LogP contribution is -2.24. The molecule has 6 heteroatoms. The van der Waals surface area contributed by atoms with E-state index in [0.29, 0.717) is 11.1 Å². The third kappa shape index (κ3) is 4.86. The van der Waals surface area contributed by atoms with E-state index in [4.69, 9.17) is 4.74 Å². The minimum Gasteiger partial charge on any atom is -0.451 e. The third-order valence-corrected chi connectivity index (χ3v) is 3.81. The summed E-state index contributed by atoms with van der Waals surface area (Å²) in [5.41, 5.74) is 2.70. The zero-order valence-electron chi connectivity index (χ0n) is 14.8. The highest BCUT2D eigenvalue weighted by atomic mass is 16.6. The van der Waals surface area contributed by atoms with Gasteiger partial charge < -0.3 is 4.74 Å². The highest BCUT2D eigenvalue weighted by molar-refractivity contribution is 6.02. The maximum atomic E-state index is 12.5. The van der Waals surface area contributed by atoms with Crippen LogP contribution in [0.1, 0.15) is 34.0 Å². The SMILES string of the molecule is Cc1ccc(C)c(C(=O)[C@H](C)OC(=O)/C=C/c2cccc([N+](=O)[O-])c2)c1. The van der Waals surface area contributed by atoms with Gasteiger partial charge >= 0.3 is 5.97 Å². The van der Waals surface area contributed by atoms with Gasteiger partial charge in [-0.15, -0.1) is 0 Å². The number of ether oxygens (including phenoxy) is 1. The van der Waals surface area contributed by atoms with Crippen LogP contribution in [0.5, 0.6) is 0 Å². The number of hydrogen-bond acceptors (Lipinski definition) is 5. The largest absolute Gasteiger partial charge is 0.451 e. The number of benzene rings is 2. The number of nitrogens with zero attached hydrogens (tertiary/aromatic N) is 1. The fraction of sp³-hybridized carbons (Fsp3) is 0.200. The molecule has 0 aliphatic heterocycles. The highest BCUT2D eigenvalue weighted by Crippen LogP contribution is 2.16. The Kier molecular flexibility index (Phi) is 6.01. The van der Waals surface area contributed by atoms with Crippen LogP contribution < -0.4 is 0 Å². The van der Waals surface area contributed by atoms with E-state index < -0.39 is 17.0 Å². The zero-order chi connectivity index (χ0) is 19.3. The number of nitro benzene ring substituents is 1. The Labute approximate surface area is 151 Å². The summed E-state index contributed by atoms with van der Waals surface area (Å²) >= 11 is 0. The molecule has 0 aromatic heterocycles. The normalized spacial score (nSPS) is 12.0. The van der Waals surface area contributed by atoms with E-state index in [2.05, 4.69) is 0 Å². The van der Waals surface area contributed by atoms with E-state index in [1.165, 1.54) is 31.2 Å². The van der Waals surface area contributed by atoms with Crippen LogP contribution in [0, 0.1) is 24.0 Å². The number of aryl methyl sites for hydroxylation is 2. The minimum absolute atomic E-state index is 0.0704. The van der Waals surface area contributed by atoms with Gasteiger partial charge in [0, 0.05) is 23.8 Å². The highest BCUT2D eigenvalue weighted by Gasteiger charge is 2.20. The number of ketones is 1. The van der Waals surface area contributed by atoms with Crippen molar-refractivity contribution in [1.82, 2.24) is 0 Å². The molecule has 2 aromatic rings. The summed E-state index contributed by atoms with van der Waals surface area (Å²) in [4.78, 5) is 34.6. The van der Waals surface area contributed by atoms with Gasteiger partial charge in [-0.1, -0.05) is 29.8 Å². The summed E-state index contributed by atoms with van der Waals surface area (Å²) in [6.07, 6.45) is 1.62. The summed E-state index contributed by atoms with van der Waals surface area (Å²) in [5, 5.41) is 10.8. The van der Waals surface area contributed by atoms with Crippen molar-refractivity contribution in [2.45, 2.75) is 26.9 Å². The lowest BCUT2D eigenvalue weighted by Gasteiger charge is -2.13. The molecule has 0 saturated heterocycles. The molecule has 2 aromatic carbocycles. The second-order valence-electron chi connectivity index (χ2n) is 5.95. The second kappa shape index (κ2) is 8.20. The summed E-state index contributed by atoms with van der Waals surface area (Å²) in [7, 11) is 0. The molecule has 0 N–H and O–H groups in total. The van der Waals surface area contributed by atoms with Crippen LogP contribution in [0.25, 0.3) is 6.08 Å². The number of nitro groups is 1. The van der Waals surface area contributed by atoms with Gasteiger partial charge in [0.05, 0.1) is 4.92 Å². The minimum atomic E-state index is -0.933. The molecule has 0 bridgehead atoms. The van der Waals surface area contributed by atoms with Gasteiger partial charge in [-0.3, -0.25) is 14.9 Å². The molecule has 2 rings (SSSR count). The standard InChI is InChI=1S/C20H19NO5/c1-13-7-8-14(2)18(11-13)20(23)15(3)26-19(22)10-9-16-5-4-6-17(12-16)21(24)25/h4-12,15H,1-3H3/b10-9+/t15-/m0/s1. The molecular formula is C20H19NO5. The van der Waals surface area contributed by atoms with Gasteiger partial charge in [0.1, 0.15) is 0 Å². The number of non-ortho nitro benzene ring substituents is 1. The first kappa shape index (κ1) is 19.1. The quantitative estimate of drug-likeness (QED) is 0.257. The number of carbonyl (C=O) groups excluding carboxylic acids is 2. The summed E-state index contributed by atoms with van der Waals surface area (Å²) < 4.78 is 5.15.